The number of rotatable bonds is 7. The third kappa shape index (κ3) is 4.53. The van der Waals surface area contributed by atoms with E-state index in [2.05, 4.69) is 9.67 Å². The molecule has 0 bridgehead atoms. The second-order valence-corrected chi connectivity index (χ2v) is 8.42. The first-order valence-corrected chi connectivity index (χ1v) is 11.0. The van der Waals surface area contributed by atoms with Gasteiger partial charge in [0.25, 0.3) is 0 Å². The van der Waals surface area contributed by atoms with Crippen LogP contribution in [0.15, 0.2) is 36.4 Å². The molecule has 0 amide bonds. The molecule has 1 saturated heterocycles. The first-order valence-electron chi connectivity index (χ1n) is 11.0. The van der Waals surface area contributed by atoms with Gasteiger partial charge in [-0.1, -0.05) is 0 Å². The van der Waals surface area contributed by atoms with E-state index in [1.807, 2.05) is 56.6 Å². The molecule has 1 aromatic carbocycles. The van der Waals surface area contributed by atoms with Crippen molar-refractivity contribution >= 4 is 11.8 Å². The zero-order valence-corrected chi connectivity index (χ0v) is 19.1. The summed E-state index contributed by atoms with van der Waals surface area (Å²) in [7, 11) is 0. The molecule has 0 N–H and O–H groups in total. The highest BCUT2D eigenvalue weighted by Crippen LogP contribution is 2.21. The van der Waals surface area contributed by atoms with E-state index in [1.165, 1.54) is 0 Å². The maximum Gasteiger partial charge on any atom is 0.338 e. The minimum Gasteiger partial charge on any atom is -0.454 e. The Hall–Kier alpha value is -3.19. The lowest BCUT2D eigenvalue weighted by Crippen LogP contribution is -2.18. The molecule has 32 heavy (non-hydrogen) atoms. The van der Waals surface area contributed by atoms with Gasteiger partial charge in [-0.25, -0.2) is 9.48 Å². The van der Waals surface area contributed by atoms with Gasteiger partial charge in [0.2, 0.25) is 5.78 Å². The van der Waals surface area contributed by atoms with Crippen LogP contribution in [0.1, 0.15) is 56.3 Å². The van der Waals surface area contributed by atoms with Crippen molar-refractivity contribution in [1.29, 1.82) is 0 Å². The molecule has 4 rings (SSSR count). The fourth-order valence-electron chi connectivity index (χ4n) is 4.28. The summed E-state index contributed by atoms with van der Waals surface area (Å²) in [6.45, 7) is 9.07. The molecule has 7 nitrogen and oxygen atoms in total. The molecule has 2 aromatic heterocycles. The molecule has 1 atom stereocenters. The molecule has 1 aliphatic rings. The number of carbonyl (C=O) groups is 2. The number of benzene rings is 1. The minimum absolute atomic E-state index is 0.193. The minimum atomic E-state index is -0.522. The molecule has 3 aromatic rings. The number of carbonyl (C=O) groups excluding carboxylic acids is 2. The van der Waals surface area contributed by atoms with Crippen molar-refractivity contribution in [3.63, 3.8) is 0 Å². The van der Waals surface area contributed by atoms with E-state index in [0.29, 0.717) is 11.1 Å². The predicted octanol–water partition coefficient (Wildman–Crippen LogP) is 4.13. The lowest BCUT2D eigenvalue weighted by atomic mass is 10.1. The van der Waals surface area contributed by atoms with Gasteiger partial charge in [0.1, 0.15) is 0 Å². The summed E-state index contributed by atoms with van der Waals surface area (Å²) in [5.74, 6) is -0.726. The molecule has 7 heteroatoms. The Morgan fingerprint density at radius 1 is 1.09 bits per heavy atom. The van der Waals surface area contributed by atoms with E-state index in [-0.39, 0.29) is 18.5 Å². The fraction of sp³-hybridized carbons (Fsp3) is 0.400. The number of esters is 1. The van der Waals surface area contributed by atoms with Crippen molar-refractivity contribution in [2.45, 2.75) is 53.2 Å². The SMILES string of the molecule is Cc1cc(C)n(-c2ccc(C(=O)OCC(=O)c3cc(C)n(CC4CCCO4)c3C)cc2)n1. The van der Waals surface area contributed by atoms with E-state index in [4.69, 9.17) is 9.47 Å². The van der Waals surface area contributed by atoms with Gasteiger partial charge in [-0.3, -0.25) is 4.79 Å². The first-order chi connectivity index (χ1) is 15.3. The van der Waals surface area contributed by atoms with Crippen LogP contribution in [0.2, 0.25) is 0 Å². The largest absolute Gasteiger partial charge is 0.454 e. The third-order valence-electron chi connectivity index (χ3n) is 5.98. The Morgan fingerprint density at radius 2 is 1.84 bits per heavy atom. The third-order valence-corrected chi connectivity index (χ3v) is 5.98. The number of nitrogens with zero attached hydrogens (tertiary/aromatic N) is 3. The topological polar surface area (TPSA) is 75.3 Å². The van der Waals surface area contributed by atoms with E-state index in [0.717, 1.165) is 54.5 Å². The summed E-state index contributed by atoms with van der Waals surface area (Å²) in [6, 6.07) is 10.9. The van der Waals surface area contributed by atoms with Crippen LogP contribution in [0.25, 0.3) is 5.69 Å². The summed E-state index contributed by atoms with van der Waals surface area (Å²) in [6.07, 6.45) is 2.31. The smallest absolute Gasteiger partial charge is 0.338 e. The van der Waals surface area contributed by atoms with Crippen molar-refractivity contribution in [1.82, 2.24) is 14.3 Å². The second-order valence-electron chi connectivity index (χ2n) is 8.42. The van der Waals surface area contributed by atoms with E-state index < -0.39 is 5.97 Å². The highest BCUT2D eigenvalue weighted by atomic mass is 16.5. The average molecular weight is 436 g/mol. The molecule has 1 aliphatic heterocycles. The second kappa shape index (κ2) is 9.12. The van der Waals surface area contributed by atoms with Gasteiger partial charge in [0.05, 0.1) is 23.0 Å². The number of hydrogen-bond acceptors (Lipinski definition) is 5. The Bertz CT molecular complexity index is 1130. The van der Waals surface area contributed by atoms with Crippen LogP contribution in [-0.4, -0.2) is 45.4 Å². The van der Waals surface area contributed by atoms with Crippen molar-refractivity contribution in [2.75, 3.05) is 13.2 Å². The Balaban J connectivity index is 1.38. The Kier molecular flexibility index (Phi) is 6.28. The van der Waals surface area contributed by atoms with Crippen LogP contribution < -0.4 is 0 Å². The highest BCUT2D eigenvalue weighted by Gasteiger charge is 2.22. The Morgan fingerprint density at radius 3 is 2.47 bits per heavy atom. The molecule has 1 unspecified atom stereocenters. The highest BCUT2D eigenvalue weighted by molar-refractivity contribution is 6.00. The number of hydrogen-bond donors (Lipinski definition) is 0. The van der Waals surface area contributed by atoms with Gasteiger partial charge in [-0.2, -0.15) is 5.10 Å². The molecule has 0 spiro atoms. The van der Waals surface area contributed by atoms with Crippen LogP contribution in [0.3, 0.4) is 0 Å². The van der Waals surface area contributed by atoms with Crippen molar-refractivity contribution in [3.8, 4) is 5.69 Å². The number of aryl methyl sites for hydroxylation is 3. The van der Waals surface area contributed by atoms with E-state index >= 15 is 0 Å². The van der Waals surface area contributed by atoms with Crippen molar-refractivity contribution in [2.24, 2.45) is 0 Å². The number of Topliss-reactive ketones (excluding diaryl/α,β-unsaturated/α-hetero) is 1. The van der Waals surface area contributed by atoms with Gasteiger partial charge < -0.3 is 14.0 Å². The lowest BCUT2D eigenvalue weighted by Gasteiger charge is -2.14. The van der Waals surface area contributed by atoms with Crippen LogP contribution in [0, 0.1) is 27.7 Å². The van der Waals surface area contributed by atoms with E-state index in [1.54, 1.807) is 12.1 Å². The standard InChI is InChI=1S/C25H29N3O4/c1-16-12-18(3)28(26-16)21-9-7-20(8-10-21)25(30)32-15-24(29)23-13-17(2)27(19(23)4)14-22-6-5-11-31-22/h7-10,12-13,22H,5-6,11,14-15H2,1-4H3. The average Bonchev–Trinajstić information content (AvgIpc) is 3.48. The zero-order chi connectivity index (χ0) is 22.8. The molecule has 0 radical (unpaired) electrons. The normalized spacial score (nSPS) is 15.8. The maximum atomic E-state index is 12.7. The summed E-state index contributed by atoms with van der Waals surface area (Å²) in [4.78, 5) is 25.2. The molecule has 0 saturated carbocycles. The number of ether oxygens (including phenoxy) is 2. The number of ketones is 1. The summed E-state index contributed by atoms with van der Waals surface area (Å²) >= 11 is 0. The van der Waals surface area contributed by atoms with Crippen LogP contribution in [0.5, 0.6) is 0 Å². The lowest BCUT2D eigenvalue weighted by molar-refractivity contribution is 0.0474. The molecular formula is C25H29N3O4. The Labute approximate surface area is 187 Å². The van der Waals surface area contributed by atoms with E-state index in [9.17, 15) is 9.59 Å². The summed E-state index contributed by atoms with van der Waals surface area (Å²) < 4.78 is 15.0. The quantitative estimate of drug-likeness (QED) is 0.412. The van der Waals surface area contributed by atoms with Gasteiger partial charge in [0, 0.05) is 35.8 Å². The molecule has 1 fully saturated rings. The molecule has 3 heterocycles. The molecular weight excluding hydrogens is 406 g/mol. The monoisotopic (exact) mass is 435 g/mol. The van der Waals surface area contributed by atoms with Gasteiger partial charge in [-0.15, -0.1) is 0 Å². The van der Waals surface area contributed by atoms with Gasteiger partial charge >= 0.3 is 5.97 Å². The first kappa shape index (κ1) is 22.0. The van der Waals surface area contributed by atoms with Gasteiger partial charge in [-0.05, 0) is 76.9 Å². The summed E-state index contributed by atoms with van der Waals surface area (Å²) in [5.41, 5.74) is 5.68. The van der Waals surface area contributed by atoms with Gasteiger partial charge in [0.15, 0.2) is 6.61 Å². The molecule has 168 valence electrons. The zero-order valence-electron chi connectivity index (χ0n) is 19.1. The van der Waals surface area contributed by atoms with Crippen molar-refractivity contribution < 1.29 is 19.1 Å². The van der Waals surface area contributed by atoms with Crippen LogP contribution >= 0.6 is 0 Å². The predicted molar refractivity (Wildman–Crippen MR) is 121 cm³/mol. The maximum absolute atomic E-state index is 12.7. The molecule has 0 aliphatic carbocycles. The summed E-state index contributed by atoms with van der Waals surface area (Å²) in [5, 5.41) is 4.44. The fourth-order valence-corrected chi connectivity index (χ4v) is 4.28. The van der Waals surface area contributed by atoms with Crippen LogP contribution in [-0.2, 0) is 16.0 Å². The van der Waals surface area contributed by atoms with Crippen LogP contribution in [0.4, 0.5) is 0 Å². The number of aromatic nitrogens is 3. The van der Waals surface area contributed by atoms with Crippen molar-refractivity contribution in [3.05, 3.63) is 70.3 Å².